The molecule has 0 fully saturated rings. The zero-order chi connectivity index (χ0) is 10.9. The molecule has 0 spiro atoms. The summed E-state index contributed by atoms with van der Waals surface area (Å²) in [6.07, 6.45) is 0. The third-order valence-electron chi connectivity index (χ3n) is 1.67. The highest BCUT2D eigenvalue weighted by Gasteiger charge is 2.19. The fourth-order valence-corrected chi connectivity index (χ4v) is 1.03. The third kappa shape index (κ3) is 1.45. The van der Waals surface area contributed by atoms with E-state index in [4.69, 9.17) is 16.6 Å². The van der Waals surface area contributed by atoms with Crippen molar-refractivity contribution in [1.29, 1.82) is 0 Å². The lowest BCUT2D eigenvalue weighted by Crippen LogP contribution is -2.20. The van der Waals surface area contributed by atoms with Crippen molar-refractivity contribution in [2.75, 3.05) is 0 Å². The van der Waals surface area contributed by atoms with E-state index in [9.17, 15) is 14.7 Å². The average Bonchev–Trinajstić information content (AvgIpc) is 2.08. The van der Waals surface area contributed by atoms with Gasteiger partial charge in [-0.05, 0) is 12.1 Å². The van der Waals surface area contributed by atoms with Crippen LogP contribution in [0.3, 0.4) is 0 Å². The molecule has 74 valence electrons. The van der Waals surface area contributed by atoms with Gasteiger partial charge >= 0.3 is 0 Å². The Labute approximate surface area is 78.8 Å². The summed E-state index contributed by atoms with van der Waals surface area (Å²) in [6, 6.07) is 2.15. The van der Waals surface area contributed by atoms with Crippen molar-refractivity contribution in [2.45, 2.75) is 0 Å². The Morgan fingerprint density at radius 2 is 1.64 bits per heavy atom. The van der Waals surface area contributed by atoms with E-state index in [0.29, 0.717) is 0 Å². The minimum atomic E-state index is -1.03. The van der Waals surface area contributed by atoms with E-state index >= 15 is 0 Å². The smallest absolute Gasteiger partial charge is 0.253 e. The molecule has 6 nitrogen and oxygen atoms in total. The summed E-state index contributed by atoms with van der Waals surface area (Å²) in [5.74, 6) is -3.22. The van der Waals surface area contributed by atoms with Gasteiger partial charge in [0.15, 0.2) is 11.5 Å². The molecule has 14 heavy (non-hydrogen) atoms. The Morgan fingerprint density at radius 3 is 2.07 bits per heavy atom. The normalized spacial score (nSPS) is 9.71. The van der Waals surface area contributed by atoms with Crippen molar-refractivity contribution < 1.29 is 19.8 Å². The topological polar surface area (TPSA) is 127 Å². The maximum Gasteiger partial charge on any atom is 0.253 e. The maximum atomic E-state index is 10.8. The Morgan fingerprint density at radius 1 is 1.07 bits per heavy atom. The number of aromatic hydroxyl groups is 2. The lowest BCUT2D eigenvalue weighted by atomic mass is 10.0. The van der Waals surface area contributed by atoms with E-state index in [0.717, 1.165) is 12.1 Å². The first-order valence-corrected chi connectivity index (χ1v) is 3.59. The van der Waals surface area contributed by atoms with Crippen LogP contribution in [0.1, 0.15) is 20.7 Å². The number of phenols is 2. The molecule has 1 rings (SSSR count). The Kier molecular flexibility index (Phi) is 2.29. The number of amides is 2. The minimum absolute atomic E-state index is 0.229. The SMILES string of the molecule is NC(=O)c1ccc(O)c(O)c1C(N)=O. The first-order chi connectivity index (χ1) is 6.45. The zero-order valence-corrected chi connectivity index (χ0v) is 7.02. The van der Waals surface area contributed by atoms with E-state index in [1.54, 1.807) is 0 Å². The summed E-state index contributed by atoms with van der Waals surface area (Å²) < 4.78 is 0. The molecule has 0 aromatic heterocycles. The lowest BCUT2D eigenvalue weighted by molar-refractivity contribution is 0.0964. The number of primary amides is 2. The predicted octanol–water partition coefficient (Wildman–Crippen LogP) is -0.704. The van der Waals surface area contributed by atoms with Crippen molar-refractivity contribution in [3.63, 3.8) is 0 Å². The van der Waals surface area contributed by atoms with Crippen LogP contribution in [-0.2, 0) is 0 Å². The van der Waals surface area contributed by atoms with E-state index in [2.05, 4.69) is 0 Å². The first kappa shape index (κ1) is 9.85. The fourth-order valence-electron chi connectivity index (χ4n) is 1.03. The van der Waals surface area contributed by atoms with Gasteiger partial charge in [-0.25, -0.2) is 0 Å². The molecule has 0 radical (unpaired) electrons. The maximum absolute atomic E-state index is 10.8. The molecule has 0 saturated carbocycles. The number of rotatable bonds is 2. The molecule has 1 aromatic rings. The number of carbonyl (C=O) groups excluding carboxylic acids is 2. The number of phenolic OH excluding ortho intramolecular Hbond substituents is 1. The summed E-state index contributed by atoms with van der Waals surface area (Å²) in [6.45, 7) is 0. The largest absolute Gasteiger partial charge is 0.504 e. The van der Waals surface area contributed by atoms with Crippen LogP contribution in [-0.4, -0.2) is 22.0 Å². The summed E-state index contributed by atoms with van der Waals surface area (Å²) in [7, 11) is 0. The Hall–Kier alpha value is -2.24. The second kappa shape index (κ2) is 3.25. The number of benzene rings is 1. The van der Waals surface area contributed by atoms with Gasteiger partial charge < -0.3 is 21.7 Å². The van der Waals surface area contributed by atoms with Crippen LogP contribution in [0.25, 0.3) is 0 Å². The summed E-state index contributed by atoms with van der Waals surface area (Å²) in [5, 5.41) is 18.3. The van der Waals surface area contributed by atoms with Crippen LogP contribution in [0.4, 0.5) is 0 Å². The van der Waals surface area contributed by atoms with Crippen molar-refractivity contribution in [1.82, 2.24) is 0 Å². The summed E-state index contributed by atoms with van der Waals surface area (Å²) in [5.41, 5.74) is 9.13. The van der Waals surface area contributed by atoms with Gasteiger partial charge in [0.25, 0.3) is 5.91 Å². The molecule has 1 aromatic carbocycles. The molecule has 0 aliphatic rings. The van der Waals surface area contributed by atoms with E-state index in [1.807, 2.05) is 0 Å². The van der Waals surface area contributed by atoms with E-state index in [1.165, 1.54) is 0 Å². The van der Waals surface area contributed by atoms with Crippen molar-refractivity contribution in [3.8, 4) is 11.5 Å². The monoisotopic (exact) mass is 196 g/mol. The molecule has 2 amide bonds. The number of hydrogen-bond acceptors (Lipinski definition) is 4. The molecule has 0 aliphatic carbocycles. The predicted molar refractivity (Wildman–Crippen MR) is 46.8 cm³/mol. The Balaban J connectivity index is 3.53. The molecule has 6 heteroatoms. The van der Waals surface area contributed by atoms with Crippen LogP contribution in [0.5, 0.6) is 11.5 Å². The zero-order valence-electron chi connectivity index (χ0n) is 7.02. The molecular weight excluding hydrogens is 188 g/mol. The average molecular weight is 196 g/mol. The number of nitrogens with two attached hydrogens (primary N) is 2. The van der Waals surface area contributed by atoms with Crippen molar-refractivity contribution in [3.05, 3.63) is 23.3 Å². The van der Waals surface area contributed by atoms with Crippen molar-refractivity contribution in [2.24, 2.45) is 11.5 Å². The number of carbonyl (C=O) groups is 2. The van der Waals surface area contributed by atoms with Crippen LogP contribution in [0.2, 0.25) is 0 Å². The van der Waals surface area contributed by atoms with Gasteiger partial charge in [-0.1, -0.05) is 0 Å². The Bertz CT molecular complexity index is 414. The van der Waals surface area contributed by atoms with Crippen LogP contribution >= 0.6 is 0 Å². The van der Waals surface area contributed by atoms with E-state index < -0.39 is 28.9 Å². The first-order valence-electron chi connectivity index (χ1n) is 3.59. The number of hydrogen-bond donors (Lipinski definition) is 4. The standard InChI is InChI=1S/C8H8N2O4/c9-7(13)3-1-2-4(11)6(12)5(3)8(10)14/h1-2,11-12H,(H2,9,13)(H2,10,14). The highest BCUT2D eigenvalue weighted by Crippen LogP contribution is 2.30. The van der Waals surface area contributed by atoms with Gasteiger partial charge in [0, 0.05) is 0 Å². The van der Waals surface area contributed by atoms with Gasteiger partial charge in [0.1, 0.15) is 0 Å². The second-order valence-electron chi connectivity index (χ2n) is 2.58. The minimum Gasteiger partial charge on any atom is -0.504 e. The van der Waals surface area contributed by atoms with Crippen LogP contribution < -0.4 is 11.5 Å². The van der Waals surface area contributed by atoms with Gasteiger partial charge in [-0.2, -0.15) is 0 Å². The molecule has 0 unspecified atom stereocenters. The highest BCUT2D eigenvalue weighted by molar-refractivity contribution is 6.08. The quantitative estimate of drug-likeness (QED) is 0.466. The van der Waals surface area contributed by atoms with Gasteiger partial charge in [-0.15, -0.1) is 0 Å². The second-order valence-corrected chi connectivity index (χ2v) is 2.58. The molecule has 0 bridgehead atoms. The van der Waals surface area contributed by atoms with Crippen LogP contribution in [0, 0.1) is 0 Å². The lowest BCUT2D eigenvalue weighted by Gasteiger charge is -2.06. The molecule has 0 aliphatic heterocycles. The van der Waals surface area contributed by atoms with Crippen LogP contribution in [0.15, 0.2) is 12.1 Å². The van der Waals surface area contributed by atoms with E-state index in [-0.39, 0.29) is 5.56 Å². The third-order valence-corrected chi connectivity index (χ3v) is 1.67. The van der Waals surface area contributed by atoms with Gasteiger partial charge in [-0.3, -0.25) is 9.59 Å². The van der Waals surface area contributed by atoms with Gasteiger partial charge in [0.2, 0.25) is 5.91 Å². The van der Waals surface area contributed by atoms with Crippen molar-refractivity contribution >= 4 is 11.8 Å². The molecule has 0 atom stereocenters. The molecule has 0 saturated heterocycles. The summed E-state index contributed by atoms with van der Waals surface area (Å²) >= 11 is 0. The summed E-state index contributed by atoms with van der Waals surface area (Å²) in [4.78, 5) is 21.7. The molecular formula is C8H8N2O4. The highest BCUT2D eigenvalue weighted by atomic mass is 16.3. The fraction of sp³-hybridized carbons (Fsp3) is 0. The van der Waals surface area contributed by atoms with Gasteiger partial charge in [0.05, 0.1) is 11.1 Å². The molecule has 6 N–H and O–H groups in total. The molecule has 0 heterocycles.